The van der Waals surface area contributed by atoms with Crippen molar-refractivity contribution in [2.24, 2.45) is 0 Å². The summed E-state index contributed by atoms with van der Waals surface area (Å²) in [7, 11) is 0. The summed E-state index contributed by atoms with van der Waals surface area (Å²) in [5.41, 5.74) is 0. The molecule has 0 aromatic carbocycles. The predicted octanol–water partition coefficient (Wildman–Crippen LogP) is 0.508. The largest absolute Gasteiger partial charge is 0.381 e. The minimum Gasteiger partial charge on any atom is -0.381 e. The molecule has 0 aliphatic rings. The molecule has 0 aromatic rings. The highest BCUT2D eigenvalue weighted by molar-refractivity contribution is 5.84. The number of hydrogen-bond acceptors (Lipinski definition) is 3. The van der Waals surface area contributed by atoms with Crippen LogP contribution in [0.2, 0.25) is 0 Å². The average Bonchev–Trinajstić information content (AvgIpc) is 2.09. The molecule has 0 saturated heterocycles. The molecule has 0 aromatic heterocycles. The number of ether oxygens (including phenoxy) is 1. The maximum atomic E-state index is 11.0. The molecule has 0 aliphatic heterocycles. The Kier molecular flexibility index (Phi) is 7.20. The molecule has 0 bridgehead atoms. The van der Waals surface area contributed by atoms with E-state index in [4.69, 9.17) is 4.74 Å². The Morgan fingerprint density at radius 2 is 2.00 bits per heavy atom. The normalized spacial score (nSPS) is 9.69. The standard InChI is InChI=1S/C9H17NO3/c1-3-5-13-6-4-9(12)10-7-8(2)11/h3-7H2,1-2H3,(H,10,12). The van der Waals surface area contributed by atoms with Crippen molar-refractivity contribution >= 4 is 11.7 Å². The zero-order chi connectivity index (χ0) is 10.1. The predicted molar refractivity (Wildman–Crippen MR) is 49.4 cm³/mol. The van der Waals surface area contributed by atoms with Crippen LogP contribution in [0.25, 0.3) is 0 Å². The van der Waals surface area contributed by atoms with E-state index in [1.54, 1.807) is 0 Å². The van der Waals surface area contributed by atoms with E-state index in [0.717, 1.165) is 6.42 Å². The number of Topliss-reactive ketones (excluding diaryl/α,β-unsaturated/α-hetero) is 1. The number of hydrogen-bond donors (Lipinski definition) is 1. The van der Waals surface area contributed by atoms with Crippen molar-refractivity contribution in [1.29, 1.82) is 0 Å². The van der Waals surface area contributed by atoms with E-state index in [1.807, 2.05) is 6.92 Å². The van der Waals surface area contributed by atoms with Crippen LogP contribution in [-0.4, -0.2) is 31.4 Å². The third kappa shape index (κ3) is 9.01. The van der Waals surface area contributed by atoms with Gasteiger partial charge >= 0.3 is 0 Å². The summed E-state index contributed by atoms with van der Waals surface area (Å²) in [4.78, 5) is 21.4. The maximum absolute atomic E-state index is 11.0. The van der Waals surface area contributed by atoms with Crippen LogP contribution in [0.4, 0.5) is 0 Å². The molecule has 0 aliphatic carbocycles. The van der Waals surface area contributed by atoms with Gasteiger partial charge in [0, 0.05) is 13.0 Å². The number of ketones is 1. The van der Waals surface area contributed by atoms with Gasteiger partial charge in [-0.15, -0.1) is 0 Å². The first kappa shape index (κ1) is 12.1. The van der Waals surface area contributed by atoms with Gasteiger partial charge in [-0.3, -0.25) is 9.59 Å². The molecule has 0 atom stereocenters. The summed E-state index contributed by atoms with van der Waals surface area (Å²) in [5, 5.41) is 2.49. The Hall–Kier alpha value is -0.900. The Morgan fingerprint density at radius 1 is 1.31 bits per heavy atom. The van der Waals surface area contributed by atoms with Crippen LogP contribution >= 0.6 is 0 Å². The lowest BCUT2D eigenvalue weighted by Crippen LogP contribution is -2.28. The molecular formula is C9H17NO3. The summed E-state index contributed by atoms with van der Waals surface area (Å²) < 4.78 is 5.11. The minimum absolute atomic E-state index is 0.0390. The smallest absolute Gasteiger partial charge is 0.222 e. The van der Waals surface area contributed by atoms with E-state index in [-0.39, 0.29) is 18.2 Å². The summed E-state index contributed by atoms with van der Waals surface area (Å²) in [6.07, 6.45) is 1.28. The molecule has 0 saturated carbocycles. The van der Waals surface area contributed by atoms with Crippen LogP contribution in [0, 0.1) is 0 Å². The summed E-state index contributed by atoms with van der Waals surface area (Å²) in [6.45, 7) is 4.67. The second-order valence-electron chi connectivity index (χ2n) is 2.84. The second kappa shape index (κ2) is 7.73. The van der Waals surface area contributed by atoms with Crippen LogP contribution in [0.1, 0.15) is 26.7 Å². The molecule has 76 valence electrons. The lowest BCUT2D eigenvalue weighted by molar-refractivity contribution is -0.125. The van der Waals surface area contributed by atoms with Crippen molar-refractivity contribution in [3.8, 4) is 0 Å². The number of amides is 1. The van der Waals surface area contributed by atoms with Crippen LogP contribution in [0.3, 0.4) is 0 Å². The quantitative estimate of drug-likeness (QED) is 0.591. The van der Waals surface area contributed by atoms with E-state index in [2.05, 4.69) is 5.32 Å². The van der Waals surface area contributed by atoms with Gasteiger partial charge in [-0.05, 0) is 13.3 Å². The zero-order valence-electron chi connectivity index (χ0n) is 8.26. The molecule has 4 nitrogen and oxygen atoms in total. The van der Waals surface area contributed by atoms with Crippen molar-refractivity contribution in [1.82, 2.24) is 5.32 Å². The van der Waals surface area contributed by atoms with Gasteiger partial charge in [-0.25, -0.2) is 0 Å². The number of nitrogens with one attached hydrogen (secondary N) is 1. The van der Waals surface area contributed by atoms with Gasteiger partial charge in [0.25, 0.3) is 0 Å². The van der Waals surface area contributed by atoms with Crippen molar-refractivity contribution in [3.63, 3.8) is 0 Å². The fraction of sp³-hybridized carbons (Fsp3) is 0.778. The monoisotopic (exact) mass is 187 g/mol. The lowest BCUT2D eigenvalue weighted by atomic mass is 10.4. The third-order valence-electron chi connectivity index (χ3n) is 1.36. The summed E-state index contributed by atoms with van der Waals surface area (Å²) >= 11 is 0. The Morgan fingerprint density at radius 3 is 2.54 bits per heavy atom. The second-order valence-corrected chi connectivity index (χ2v) is 2.84. The highest BCUT2D eigenvalue weighted by Gasteiger charge is 2.01. The zero-order valence-corrected chi connectivity index (χ0v) is 8.26. The van der Waals surface area contributed by atoms with E-state index in [1.165, 1.54) is 6.92 Å². The van der Waals surface area contributed by atoms with Crippen molar-refractivity contribution in [3.05, 3.63) is 0 Å². The third-order valence-corrected chi connectivity index (χ3v) is 1.36. The van der Waals surface area contributed by atoms with Gasteiger partial charge in [-0.2, -0.15) is 0 Å². The van der Waals surface area contributed by atoms with Gasteiger partial charge in [0.15, 0.2) is 0 Å². The molecule has 0 spiro atoms. The highest BCUT2D eigenvalue weighted by Crippen LogP contribution is 1.85. The molecule has 1 amide bonds. The van der Waals surface area contributed by atoms with Gasteiger partial charge < -0.3 is 10.1 Å². The van der Waals surface area contributed by atoms with Crippen LogP contribution in [0.15, 0.2) is 0 Å². The van der Waals surface area contributed by atoms with E-state index < -0.39 is 0 Å². The van der Waals surface area contributed by atoms with Crippen molar-refractivity contribution in [2.75, 3.05) is 19.8 Å². The highest BCUT2D eigenvalue weighted by atomic mass is 16.5. The van der Waals surface area contributed by atoms with E-state index >= 15 is 0 Å². The fourth-order valence-corrected chi connectivity index (χ4v) is 0.723. The van der Waals surface area contributed by atoms with Crippen LogP contribution in [-0.2, 0) is 14.3 Å². The van der Waals surface area contributed by atoms with Gasteiger partial charge in [0.05, 0.1) is 13.2 Å². The van der Waals surface area contributed by atoms with Gasteiger partial charge in [0.1, 0.15) is 5.78 Å². The Balaban J connectivity index is 3.25. The molecule has 0 unspecified atom stereocenters. The van der Waals surface area contributed by atoms with Crippen LogP contribution < -0.4 is 5.32 Å². The van der Waals surface area contributed by atoms with Crippen LogP contribution in [0.5, 0.6) is 0 Å². The molecule has 13 heavy (non-hydrogen) atoms. The Labute approximate surface area is 78.6 Å². The first-order chi connectivity index (χ1) is 6.16. The summed E-state index contributed by atoms with van der Waals surface area (Å²) in [6, 6.07) is 0. The molecular weight excluding hydrogens is 170 g/mol. The minimum atomic E-state index is -0.133. The molecule has 0 radical (unpaired) electrons. The number of carbonyl (C=O) groups is 2. The molecule has 0 heterocycles. The number of rotatable bonds is 7. The summed E-state index contributed by atoms with van der Waals surface area (Å²) in [5.74, 6) is -0.172. The van der Waals surface area contributed by atoms with E-state index in [9.17, 15) is 9.59 Å². The molecule has 0 fully saturated rings. The maximum Gasteiger partial charge on any atom is 0.222 e. The average molecular weight is 187 g/mol. The Bertz CT molecular complexity index is 168. The molecule has 0 rings (SSSR count). The first-order valence-electron chi connectivity index (χ1n) is 4.50. The van der Waals surface area contributed by atoms with E-state index in [0.29, 0.717) is 19.6 Å². The van der Waals surface area contributed by atoms with Crippen molar-refractivity contribution in [2.45, 2.75) is 26.7 Å². The lowest BCUT2D eigenvalue weighted by Gasteiger charge is -2.03. The topological polar surface area (TPSA) is 55.4 Å². The number of carbonyl (C=O) groups excluding carboxylic acids is 2. The first-order valence-corrected chi connectivity index (χ1v) is 4.50. The van der Waals surface area contributed by atoms with Gasteiger partial charge in [0.2, 0.25) is 5.91 Å². The molecule has 4 heteroatoms. The fourth-order valence-electron chi connectivity index (χ4n) is 0.723. The van der Waals surface area contributed by atoms with Crippen molar-refractivity contribution < 1.29 is 14.3 Å². The van der Waals surface area contributed by atoms with Gasteiger partial charge in [-0.1, -0.05) is 6.92 Å². The SMILES string of the molecule is CCCOCCC(=O)NCC(C)=O. The molecule has 1 N–H and O–H groups in total.